The average molecular weight is 415 g/mol. The molecule has 0 unspecified atom stereocenters. The first-order chi connectivity index (χ1) is 14.1. The molecular weight excluding hydrogens is 391 g/mol. The first-order valence-corrected chi connectivity index (χ1v) is 9.78. The summed E-state index contributed by atoms with van der Waals surface area (Å²) < 4.78 is 26.6. The van der Waals surface area contributed by atoms with Crippen LogP contribution in [0.2, 0.25) is 0 Å². The molecule has 1 N–H and O–H groups in total. The minimum Gasteiger partial charge on any atom is -0.493 e. The van der Waals surface area contributed by atoms with Crippen molar-refractivity contribution < 1.29 is 13.9 Å². The smallest absolute Gasteiger partial charge is 0.216 e. The van der Waals surface area contributed by atoms with E-state index < -0.39 is 0 Å². The van der Waals surface area contributed by atoms with Gasteiger partial charge < -0.3 is 9.47 Å². The molecule has 6 nitrogen and oxygen atoms in total. The number of unbranched alkanes of at least 4 members (excludes halogenated alkanes) is 1. The lowest BCUT2D eigenvalue weighted by Crippen LogP contribution is -2.03. The van der Waals surface area contributed by atoms with Crippen molar-refractivity contribution in [2.75, 3.05) is 7.11 Å². The highest BCUT2D eigenvalue weighted by Crippen LogP contribution is 2.31. The van der Waals surface area contributed by atoms with Crippen molar-refractivity contribution in [3.8, 4) is 11.5 Å². The number of benzene rings is 2. The molecule has 0 saturated carbocycles. The van der Waals surface area contributed by atoms with E-state index in [4.69, 9.17) is 21.7 Å². The van der Waals surface area contributed by atoms with E-state index in [0.29, 0.717) is 16.3 Å². The number of hydrogen-bond acceptors (Lipinski definition) is 5. The molecule has 0 saturated heterocycles. The molecule has 1 aromatic heterocycles. The number of hydrogen-bond donors (Lipinski definition) is 1. The number of para-hydroxylation sites is 1. The number of methoxy groups -OCH3 is 1. The van der Waals surface area contributed by atoms with Crippen molar-refractivity contribution in [3.63, 3.8) is 0 Å². The summed E-state index contributed by atoms with van der Waals surface area (Å²) in [5.41, 5.74) is 1.58. The summed E-state index contributed by atoms with van der Waals surface area (Å²) in [7, 11) is 1.58. The van der Waals surface area contributed by atoms with E-state index in [1.165, 1.54) is 12.1 Å². The maximum atomic E-state index is 13.1. The van der Waals surface area contributed by atoms with Crippen LogP contribution in [0.4, 0.5) is 4.39 Å². The molecule has 0 spiro atoms. The van der Waals surface area contributed by atoms with Gasteiger partial charge in [-0.25, -0.2) is 4.39 Å². The minimum absolute atomic E-state index is 0.272. The van der Waals surface area contributed by atoms with E-state index in [1.807, 2.05) is 18.2 Å². The van der Waals surface area contributed by atoms with Gasteiger partial charge in [-0.3, -0.25) is 5.10 Å². The van der Waals surface area contributed by atoms with Gasteiger partial charge in [-0.1, -0.05) is 31.5 Å². The fourth-order valence-electron chi connectivity index (χ4n) is 2.75. The van der Waals surface area contributed by atoms with Gasteiger partial charge in [0.25, 0.3) is 0 Å². The summed E-state index contributed by atoms with van der Waals surface area (Å²) in [6, 6.07) is 11.7. The molecule has 0 aliphatic heterocycles. The Labute approximate surface area is 174 Å². The van der Waals surface area contributed by atoms with Gasteiger partial charge in [0, 0.05) is 12.0 Å². The SMILES string of the molecule is CCCCc1n[nH]c(=S)n1/N=C\c1cccc(OC)c1OCc1ccc(F)cc1. The molecule has 2 aromatic carbocycles. The number of nitrogens with one attached hydrogen (secondary N) is 1. The Bertz CT molecular complexity index is 1030. The molecular formula is C21H23FN4O2S. The summed E-state index contributed by atoms with van der Waals surface area (Å²) in [5, 5.41) is 11.5. The molecule has 0 amide bonds. The van der Waals surface area contributed by atoms with Crippen LogP contribution in [0.5, 0.6) is 11.5 Å². The zero-order valence-electron chi connectivity index (χ0n) is 16.4. The lowest BCUT2D eigenvalue weighted by molar-refractivity contribution is 0.284. The zero-order valence-corrected chi connectivity index (χ0v) is 17.2. The highest BCUT2D eigenvalue weighted by Gasteiger charge is 2.11. The monoisotopic (exact) mass is 414 g/mol. The number of aromatic nitrogens is 3. The first kappa shape index (κ1) is 20.7. The third kappa shape index (κ3) is 5.29. The fraction of sp³-hybridized carbons (Fsp3) is 0.286. The molecule has 152 valence electrons. The topological polar surface area (TPSA) is 64.4 Å². The van der Waals surface area contributed by atoms with Crippen LogP contribution in [0.1, 0.15) is 36.7 Å². The molecule has 0 atom stereocenters. The Hall–Kier alpha value is -3.00. The molecule has 0 aliphatic rings. The first-order valence-electron chi connectivity index (χ1n) is 9.37. The van der Waals surface area contributed by atoms with Crippen LogP contribution in [0.3, 0.4) is 0 Å². The molecule has 0 bridgehead atoms. The standard InChI is InChI=1S/C21H23FN4O2S/c1-3-4-8-19-24-25-21(29)26(19)23-13-16-6-5-7-18(27-2)20(16)28-14-15-9-11-17(22)12-10-15/h5-7,9-13H,3-4,8,14H2,1-2H3,(H,25,29)/b23-13-. The van der Waals surface area contributed by atoms with Crippen molar-refractivity contribution in [1.82, 2.24) is 14.9 Å². The van der Waals surface area contributed by atoms with E-state index in [2.05, 4.69) is 22.2 Å². The van der Waals surface area contributed by atoms with Crippen molar-refractivity contribution in [3.05, 3.63) is 70.0 Å². The number of ether oxygens (including phenoxy) is 2. The lowest BCUT2D eigenvalue weighted by Gasteiger charge is -2.13. The minimum atomic E-state index is -0.283. The molecule has 0 fully saturated rings. The highest BCUT2D eigenvalue weighted by molar-refractivity contribution is 7.71. The third-order valence-electron chi connectivity index (χ3n) is 4.31. The summed E-state index contributed by atoms with van der Waals surface area (Å²) in [6.07, 6.45) is 4.51. The van der Waals surface area contributed by atoms with Gasteiger partial charge in [-0.15, -0.1) is 0 Å². The van der Waals surface area contributed by atoms with Crippen LogP contribution in [-0.2, 0) is 13.0 Å². The molecule has 1 heterocycles. The van der Waals surface area contributed by atoms with E-state index in [-0.39, 0.29) is 12.4 Å². The van der Waals surface area contributed by atoms with Gasteiger partial charge in [0.1, 0.15) is 12.4 Å². The number of H-pyrrole nitrogens is 1. The number of aromatic amines is 1. The molecule has 29 heavy (non-hydrogen) atoms. The van der Waals surface area contributed by atoms with Crippen molar-refractivity contribution in [2.45, 2.75) is 32.8 Å². The van der Waals surface area contributed by atoms with Gasteiger partial charge >= 0.3 is 0 Å². The lowest BCUT2D eigenvalue weighted by atomic mass is 10.2. The summed E-state index contributed by atoms with van der Waals surface area (Å²) in [5.74, 6) is 1.63. The molecule has 3 aromatic rings. The maximum absolute atomic E-state index is 13.1. The highest BCUT2D eigenvalue weighted by atomic mass is 32.1. The van der Waals surface area contributed by atoms with Crippen LogP contribution in [0.25, 0.3) is 0 Å². The Morgan fingerprint density at radius 2 is 2.03 bits per heavy atom. The Balaban J connectivity index is 1.86. The van der Waals surface area contributed by atoms with E-state index in [1.54, 1.807) is 30.1 Å². The van der Waals surface area contributed by atoms with Crippen LogP contribution >= 0.6 is 12.2 Å². The molecule has 0 aliphatic carbocycles. The van der Waals surface area contributed by atoms with Gasteiger partial charge in [0.15, 0.2) is 17.3 Å². The van der Waals surface area contributed by atoms with Crippen LogP contribution in [0, 0.1) is 10.6 Å². The predicted octanol–water partition coefficient (Wildman–Crippen LogP) is 4.89. The number of halogens is 1. The van der Waals surface area contributed by atoms with Gasteiger partial charge in [0.05, 0.1) is 13.3 Å². The van der Waals surface area contributed by atoms with Gasteiger partial charge in [-0.2, -0.15) is 14.9 Å². The average Bonchev–Trinajstić information content (AvgIpc) is 3.09. The molecule has 8 heteroatoms. The summed E-state index contributed by atoms with van der Waals surface area (Å²) >= 11 is 5.29. The van der Waals surface area contributed by atoms with Crippen molar-refractivity contribution in [2.24, 2.45) is 5.10 Å². The second-order valence-electron chi connectivity index (χ2n) is 6.40. The van der Waals surface area contributed by atoms with E-state index in [0.717, 1.165) is 36.2 Å². The second kappa shape index (κ2) is 9.97. The maximum Gasteiger partial charge on any atom is 0.216 e. The van der Waals surface area contributed by atoms with E-state index >= 15 is 0 Å². The number of rotatable bonds is 9. The Morgan fingerprint density at radius 1 is 1.24 bits per heavy atom. The van der Waals surface area contributed by atoms with Crippen LogP contribution in [-0.4, -0.2) is 28.2 Å². The van der Waals surface area contributed by atoms with Crippen LogP contribution in [0.15, 0.2) is 47.6 Å². The number of nitrogens with zero attached hydrogens (tertiary/aromatic N) is 3. The second-order valence-corrected chi connectivity index (χ2v) is 6.79. The van der Waals surface area contributed by atoms with Crippen molar-refractivity contribution >= 4 is 18.4 Å². The summed E-state index contributed by atoms with van der Waals surface area (Å²) in [6.45, 7) is 2.39. The number of aryl methyl sites for hydroxylation is 1. The predicted molar refractivity (Wildman–Crippen MR) is 113 cm³/mol. The zero-order chi connectivity index (χ0) is 20.6. The van der Waals surface area contributed by atoms with Crippen molar-refractivity contribution in [1.29, 1.82) is 0 Å². The fourth-order valence-corrected chi connectivity index (χ4v) is 2.94. The van der Waals surface area contributed by atoms with E-state index in [9.17, 15) is 4.39 Å². The summed E-state index contributed by atoms with van der Waals surface area (Å²) in [4.78, 5) is 0. The largest absolute Gasteiger partial charge is 0.493 e. The van der Waals surface area contributed by atoms with Crippen LogP contribution < -0.4 is 9.47 Å². The normalized spacial score (nSPS) is 11.1. The third-order valence-corrected chi connectivity index (χ3v) is 4.57. The molecule has 3 rings (SSSR count). The Morgan fingerprint density at radius 3 is 2.76 bits per heavy atom. The van der Waals surface area contributed by atoms with Gasteiger partial charge in [0.2, 0.25) is 4.77 Å². The van der Waals surface area contributed by atoms with Gasteiger partial charge in [-0.05, 0) is 48.5 Å². The Kier molecular flexibility index (Phi) is 7.13. The quantitative estimate of drug-likeness (QED) is 0.400. The molecule has 0 radical (unpaired) electrons.